The van der Waals surface area contributed by atoms with Gasteiger partial charge in [0.25, 0.3) is 0 Å². The van der Waals surface area contributed by atoms with Gasteiger partial charge in [-0.3, -0.25) is 4.68 Å². The van der Waals surface area contributed by atoms with Crippen molar-refractivity contribution in [2.24, 2.45) is 0 Å². The number of rotatable bonds is 7. The predicted molar refractivity (Wildman–Crippen MR) is 104 cm³/mol. The molecule has 27 heavy (non-hydrogen) atoms. The van der Waals surface area contributed by atoms with Crippen LogP contribution in [0, 0.1) is 13.8 Å². The van der Waals surface area contributed by atoms with Gasteiger partial charge in [-0.25, -0.2) is 9.67 Å². The SMILES string of the molecule is CCOCc1nc(C(C)n2ccc(C3CC3)n2)n(-c2cc(C)cc(C)c2)n1. The molecule has 2 aromatic heterocycles. The maximum Gasteiger partial charge on any atom is 0.177 e. The molecular formula is C21H27N5O. The quantitative estimate of drug-likeness (QED) is 0.632. The molecule has 0 saturated heterocycles. The van der Waals surface area contributed by atoms with Crippen LogP contribution in [0.25, 0.3) is 5.69 Å². The zero-order valence-electron chi connectivity index (χ0n) is 16.5. The molecular weight excluding hydrogens is 338 g/mol. The van der Waals surface area contributed by atoms with Crippen molar-refractivity contribution in [1.82, 2.24) is 24.5 Å². The summed E-state index contributed by atoms with van der Waals surface area (Å²) in [6, 6.07) is 8.57. The summed E-state index contributed by atoms with van der Waals surface area (Å²) in [6.45, 7) is 9.37. The van der Waals surface area contributed by atoms with Crippen LogP contribution in [0.1, 0.15) is 67.1 Å². The van der Waals surface area contributed by atoms with Crippen molar-refractivity contribution >= 4 is 0 Å². The second-order valence-corrected chi connectivity index (χ2v) is 7.45. The zero-order chi connectivity index (χ0) is 19.0. The molecule has 1 aliphatic carbocycles. The lowest BCUT2D eigenvalue weighted by Crippen LogP contribution is -2.14. The Morgan fingerprint density at radius 2 is 1.89 bits per heavy atom. The number of hydrogen-bond acceptors (Lipinski definition) is 4. The summed E-state index contributed by atoms with van der Waals surface area (Å²) >= 11 is 0. The van der Waals surface area contributed by atoms with Gasteiger partial charge in [-0.2, -0.15) is 5.10 Å². The van der Waals surface area contributed by atoms with E-state index < -0.39 is 0 Å². The van der Waals surface area contributed by atoms with Gasteiger partial charge in [0.05, 0.1) is 11.4 Å². The van der Waals surface area contributed by atoms with Gasteiger partial charge in [0.15, 0.2) is 11.6 Å². The van der Waals surface area contributed by atoms with E-state index in [0.29, 0.717) is 25.0 Å². The number of ether oxygens (including phenoxy) is 1. The fourth-order valence-electron chi connectivity index (χ4n) is 3.44. The molecule has 0 aliphatic heterocycles. The molecule has 6 heteroatoms. The fraction of sp³-hybridized carbons (Fsp3) is 0.476. The predicted octanol–water partition coefficient (Wildman–Crippen LogP) is 4.10. The van der Waals surface area contributed by atoms with E-state index in [1.807, 2.05) is 16.3 Å². The van der Waals surface area contributed by atoms with Gasteiger partial charge in [-0.05, 0) is 69.9 Å². The molecule has 1 aromatic carbocycles. The molecule has 0 N–H and O–H groups in total. The van der Waals surface area contributed by atoms with Crippen molar-refractivity contribution in [2.45, 2.75) is 59.1 Å². The molecule has 0 bridgehead atoms. The summed E-state index contributed by atoms with van der Waals surface area (Å²) in [4.78, 5) is 4.80. The first-order chi connectivity index (χ1) is 13.0. The van der Waals surface area contributed by atoms with Crippen molar-refractivity contribution < 1.29 is 4.74 Å². The van der Waals surface area contributed by atoms with Crippen molar-refractivity contribution in [2.75, 3.05) is 6.61 Å². The number of hydrogen-bond donors (Lipinski definition) is 0. The smallest absolute Gasteiger partial charge is 0.177 e. The van der Waals surface area contributed by atoms with Crippen LogP contribution >= 0.6 is 0 Å². The van der Waals surface area contributed by atoms with Crippen molar-refractivity contribution in [1.29, 1.82) is 0 Å². The molecule has 4 rings (SSSR count). The highest BCUT2D eigenvalue weighted by Gasteiger charge is 2.27. The highest BCUT2D eigenvalue weighted by molar-refractivity contribution is 5.39. The van der Waals surface area contributed by atoms with Gasteiger partial charge in [-0.1, -0.05) is 6.07 Å². The van der Waals surface area contributed by atoms with Gasteiger partial charge >= 0.3 is 0 Å². The first kappa shape index (κ1) is 17.9. The number of benzene rings is 1. The topological polar surface area (TPSA) is 57.8 Å². The Bertz CT molecular complexity index is 918. The van der Waals surface area contributed by atoms with Gasteiger partial charge in [-0.15, -0.1) is 5.10 Å². The van der Waals surface area contributed by atoms with Crippen molar-refractivity contribution in [3.63, 3.8) is 0 Å². The zero-order valence-corrected chi connectivity index (χ0v) is 16.5. The lowest BCUT2D eigenvalue weighted by Gasteiger charge is -2.14. The third kappa shape index (κ3) is 3.81. The molecule has 0 amide bonds. The minimum atomic E-state index is -0.0128. The molecule has 2 heterocycles. The summed E-state index contributed by atoms with van der Waals surface area (Å²) in [6.07, 6.45) is 4.56. The average molecular weight is 365 g/mol. The molecule has 1 fully saturated rings. The fourth-order valence-corrected chi connectivity index (χ4v) is 3.44. The van der Waals surface area contributed by atoms with Crippen LogP contribution in [0.4, 0.5) is 0 Å². The van der Waals surface area contributed by atoms with Gasteiger partial charge < -0.3 is 4.74 Å². The lowest BCUT2D eigenvalue weighted by atomic mass is 10.1. The standard InChI is InChI=1S/C21H27N5O/c1-5-27-13-20-22-21(16(4)25-9-8-19(23-25)17-6-7-17)26(24-20)18-11-14(2)10-15(3)12-18/h8-12,16-17H,5-7,13H2,1-4H3. The highest BCUT2D eigenvalue weighted by Crippen LogP contribution is 2.39. The van der Waals surface area contributed by atoms with E-state index in [9.17, 15) is 0 Å². The average Bonchev–Trinajstić information content (AvgIpc) is 3.21. The molecule has 1 saturated carbocycles. The Hall–Kier alpha value is -2.47. The van der Waals surface area contributed by atoms with E-state index in [0.717, 1.165) is 11.5 Å². The summed E-state index contributed by atoms with van der Waals surface area (Å²) in [5.41, 5.74) is 4.63. The molecule has 1 unspecified atom stereocenters. The Morgan fingerprint density at radius 3 is 2.56 bits per heavy atom. The minimum absolute atomic E-state index is 0.0128. The van der Waals surface area contributed by atoms with Crippen LogP contribution < -0.4 is 0 Å². The first-order valence-electron chi connectivity index (χ1n) is 9.72. The summed E-state index contributed by atoms with van der Waals surface area (Å²) in [7, 11) is 0. The Balaban J connectivity index is 1.73. The first-order valence-corrected chi connectivity index (χ1v) is 9.72. The minimum Gasteiger partial charge on any atom is -0.374 e. The third-order valence-corrected chi connectivity index (χ3v) is 4.96. The molecule has 0 radical (unpaired) electrons. The molecule has 0 spiro atoms. The largest absolute Gasteiger partial charge is 0.374 e. The number of aryl methyl sites for hydroxylation is 2. The molecule has 1 aliphatic rings. The summed E-state index contributed by atoms with van der Waals surface area (Å²) in [5.74, 6) is 2.22. The molecule has 142 valence electrons. The normalized spacial score (nSPS) is 15.3. The van der Waals surface area contributed by atoms with Gasteiger partial charge in [0.1, 0.15) is 12.6 Å². The highest BCUT2D eigenvalue weighted by atomic mass is 16.5. The maximum absolute atomic E-state index is 5.54. The van der Waals surface area contributed by atoms with Crippen LogP contribution in [0.15, 0.2) is 30.5 Å². The Labute approximate surface area is 160 Å². The second kappa shape index (κ2) is 7.27. The van der Waals surface area contributed by atoms with Gasteiger partial charge in [0.2, 0.25) is 0 Å². The van der Waals surface area contributed by atoms with Gasteiger partial charge in [0, 0.05) is 18.7 Å². The monoisotopic (exact) mass is 365 g/mol. The lowest BCUT2D eigenvalue weighted by molar-refractivity contribution is 0.128. The Kier molecular flexibility index (Phi) is 4.83. The summed E-state index contributed by atoms with van der Waals surface area (Å²) < 4.78 is 9.48. The van der Waals surface area contributed by atoms with Crippen molar-refractivity contribution in [3.8, 4) is 5.69 Å². The van der Waals surface area contributed by atoms with E-state index in [1.165, 1.54) is 29.7 Å². The van der Waals surface area contributed by atoms with E-state index in [1.54, 1.807) is 0 Å². The maximum atomic E-state index is 5.54. The van der Waals surface area contributed by atoms with E-state index in [4.69, 9.17) is 19.9 Å². The second-order valence-electron chi connectivity index (χ2n) is 7.45. The van der Waals surface area contributed by atoms with E-state index >= 15 is 0 Å². The Morgan fingerprint density at radius 1 is 1.15 bits per heavy atom. The molecule has 3 aromatic rings. The molecule has 6 nitrogen and oxygen atoms in total. The van der Waals surface area contributed by atoms with Crippen molar-refractivity contribution in [3.05, 3.63) is 58.9 Å². The van der Waals surface area contributed by atoms with Crippen LogP contribution in [-0.2, 0) is 11.3 Å². The van der Waals surface area contributed by atoms with Crippen LogP contribution in [-0.4, -0.2) is 31.2 Å². The number of nitrogens with zero attached hydrogens (tertiary/aromatic N) is 5. The van der Waals surface area contributed by atoms with Crippen LogP contribution in [0.3, 0.4) is 0 Å². The summed E-state index contributed by atoms with van der Waals surface area (Å²) in [5, 5.41) is 9.53. The molecule has 1 atom stereocenters. The third-order valence-electron chi connectivity index (χ3n) is 4.96. The van der Waals surface area contributed by atoms with Crippen LogP contribution in [0.2, 0.25) is 0 Å². The van der Waals surface area contributed by atoms with E-state index in [2.05, 4.69) is 51.2 Å². The van der Waals surface area contributed by atoms with E-state index in [-0.39, 0.29) is 6.04 Å². The number of aromatic nitrogens is 5. The van der Waals surface area contributed by atoms with Crippen LogP contribution in [0.5, 0.6) is 0 Å².